The van der Waals surface area contributed by atoms with Gasteiger partial charge in [0.2, 0.25) is 0 Å². The predicted molar refractivity (Wildman–Crippen MR) is 116 cm³/mol. The van der Waals surface area contributed by atoms with Gasteiger partial charge in [-0.15, -0.1) is 16.4 Å². The molecule has 0 N–H and O–H groups in total. The molecule has 0 aliphatic heterocycles. The van der Waals surface area contributed by atoms with Gasteiger partial charge in [0.1, 0.15) is 13.6 Å². The maximum absolute atomic E-state index is 13.0. The maximum Gasteiger partial charge on any atom is 0.416 e. The van der Waals surface area contributed by atoms with Gasteiger partial charge in [-0.3, -0.25) is 0 Å². The van der Waals surface area contributed by atoms with Gasteiger partial charge >= 0.3 is 6.18 Å². The van der Waals surface area contributed by atoms with Crippen molar-refractivity contribution in [3.05, 3.63) is 65.5 Å². The zero-order valence-corrected chi connectivity index (χ0v) is 18.0. The minimum atomic E-state index is -4.36. The zero-order chi connectivity index (χ0) is 20.8. The normalized spacial score (nSPS) is 12.5. The number of fused-ring (bicyclic) bond motifs is 1. The molecular formula is C22H19F3N2SSi. The van der Waals surface area contributed by atoms with Crippen molar-refractivity contribution in [3.8, 4) is 21.6 Å². The van der Waals surface area contributed by atoms with Crippen LogP contribution in [0.1, 0.15) is 5.56 Å². The fraction of sp³-hybridized carbons (Fsp3) is 0.182. The van der Waals surface area contributed by atoms with Gasteiger partial charge in [-0.2, -0.15) is 18.3 Å². The lowest BCUT2D eigenvalue weighted by molar-refractivity contribution is -0.137. The molecule has 7 heteroatoms. The van der Waals surface area contributed by atoms with E-state index < -0.39 is 19.8 Å². The van der Waals surface area contributed by atoms with Crippen molar-refractivity contribution in [3.63, 3.8) is 0 Å². The summed E-state index contributed by atoms with van der Waals surface area (Å²) in [5.41, 5.74) is 2.73. The van der Waals surface area contributed by atoms with E-state index in [1.807, 2.05) is 35.7 Å². The number of alkyl halides is 3. The van der Waals surface area contributed by atoms with E-state index in [-0.39, 0.29) is 0 Å². The second kappa shape index (κ2) is 7.07. The first-order valence-electron chi connectivity index (χ1n) is 9.17. The fourth-order valence-corrected chi connectivity index (χ4v) is 5.54. The first-order chi connectivity index (χ1) is 13.7. The number of aromatic nitrogens is 2. The number of hydrogen-bond acceptors (Lipinski definition) is 3. The lowest BCUT2D eigenvalue weighted by Crippen LogP contribution is -2.42. The van der Waals surface area contributed by atoms with Gasteiger partial charge in [-0.05, 0) is 29.1 Å². The molecule has 0 saturated heterocycles. The summed E-state index contributed by atoms with van der Waals surface area (Å²) in [4.78, 5) is 1.09. The van der Waals surface area contributed by atoms with Crippen LogP contribution >= 0.6 is 11.3 Å². The highest BCUT2D eigenvalue weighted by Gasteiger charge is 2.31. The van der Waals surface area contributed by atoms with E-state index in [2.05, 4.69) is 29.8 Å². The molecule has 0 saturated carbocycles. The Bertz CT molecular complexity index is 1160. The topological polar surface area (TPSA) is 25.8 Å². The number of thiophene rings is 1. The lowest BCUT2D eigenvalue weighted by atomic mass is 9.99. The van der Waals surface area contributed by atoms with Gasteiger partial charge in [0.05, 0.1) is 10.9 Å². The molecule has 0 aliphatic rings. The van der Waals surface area contributed by atoms with E-state index in [1.165, 1.54) is 0 Å². The van der Waals surface area contributed by atoms with Crippen LogP contribution in [-0.4, -0.2) is 18.3 Å². The average Bonchev–Trinajstić information content (AvgIpc) is 3.20. The summed E-state index contributed by atoms with van der Waals surface area (Å²) in [5, 5.41) is 13.0. The lowest BCUT2D eigenvalue weighted by Gasteiger charge is -2.21. The quantitative estimate of drug-likeness (QED) is 0.344. The van der Waals surface area contributed by atoms with Crippen LogP contribution in [0.2, 0.25) is 19.6 Å². The van der Waals surface area contributed by atoms with Crippen LogP contribution in [0.25, 0.3) is 32.5 Å². The Labute approximate surface area is 172 Å². The summed E-state index contributed by atoms with van der Waals surface area (Å²) >= 11 is 1.62. The van der Waals surface area contributed by atoms with Gasteiger partial charge in [0, 0.05) is 21.4 Å². The van der Waals surface area contributed by atoms with Gasteiger partial charge in [0.25, 0.3) is 0 Å². The average molecular weight is 429 g/mol. The Morgan fingerprint density at radius 3 is 2.17 bits per heavy atom. The van der Waals surface area contributed by atoms with Crippen molar-refractivity contribution in [2.45, 2.75) is 25.8 Å². The molecule has 0 radical (unpaired) electrons. The van der Waals surface area contributed by atoms with Crippen LogP contribution < -0.4 is 5.32 Å². The Morgan fingerprint density at radius 1 is 0.862 bits per heavy atom. The highest BCUT2D eigenvalue weighted by Crippen LogP contribution is 2.36. The molecule has 0 amide bonds. The van der Waals surface area contributed by atoms with Crippen molar-refractivity contribution in [2.75, 3.05) is 0 Å². The van der Waals surface area contributed by atoms with Gasteiger partial charge in [-0.25, -0.2) is 0 Å². The molecule has 0 spiro atoms. The summed E-state index contributed by atoms with van der Waals surface area (Å²) < 4.78 is 39.1. The van der Waals surface area contributed by atoms with E-state index in [9.17, 15) is 13.2 Å². The summed E-state index contributed by atoms with van der Waals surface area (Å²) in [7, 11) is -1.90. The van der Waals surface area contributed by atoms with Crippen LogP contribution in [0, 0.1) is 0 Å². The van der Waals surface area contributed by atoms with E-state index in [1.54, 1.807) is 23.5 Å². The molecule has 2 aromatic heterocycles. The summed E-state index contributed by atoms with van der Waals surface area (Å²) in [6.45, 7) is 6.50. The highest BCUT2D eigenvalue weighted by molar-refractivity contribution is 7.13. The van der Waals surface area contributed by atoms with Crippen LogP contribution in [0.3, 0.4) is 0 Å². The molecule has 148 valence electrons. The number of hydrogen-bond donors (Lipinski definition) is 0. The van der Waals surface area contributed by atoms with Gasteiger partial charge in [0.15, 0.2) is 0 Å². The second-order valence-electron chi connectivity index (χ2n) is 7.93. The number of benzene rings is 2. The van der Waals surface area contributed by atoms with E-state index in [0.717, 1.165) is 49.9 Å². The monoisotopic (exact) mass is 428 g/mol. The van der Waals surface area contributed by atoms with Gasteiger partial charge in [-0.1, -0.05) is 56.0 Å². The fourth-order valence-electron chi connectivity index (χ4n) is 3.40. The number of nitrogens with zero attached hydrogens (tertiary/aromatic N) is 2. The van der Waals surface area contributed by atoms with Crippen LogP contribution in [0.4, 0.5) is 13.2 Å². The van der Waals surface area contributed by atoms with E-state index >= 15 is 0 Å². The Hall–Kier alpha value is -2.51. The van der Waals surface area contributed by atoms with Crippen LogP contribution in [0.5, 0.6) is 0 Å². The number of rotatable bonds is 3. The predicted octanol–water partition coefficient (Wildman–Crippen LogP) is 6.59. The number of halogens is 3. The molecule has 2 nitrogen and oxygen atoms in total. The molecule has 4 aromatic rings. The zero-order valence-electron chi connectivity index (χ0n) is 16.2. The second-order valence-corrected chi connectivity index (χ2v) is 13.8. The third kappa shape index (κ3) is 3.72. The third-order valence-corrected chi connectivity index (χ3v) is 7.46. The Morgan fingerprint density at radius 2 is 1.59 bits per heavy atom. The van der Waals surface area contributed by atoms with Gasteiger partial charge < -0.3 is 0 Å². The first kappa shape index (κ1) is 19.8. The Balaban J connectivity index is 2.01. The minimum Gasteiger partial charge on any atom is -0.166 e. The van der Waals surface area contributed by atoms with E-state index in [0.29, 0.717) is 0 Å². The molecule has 0 fully saturated rings. The van der Waals surface area contributed by atoms with Crippen LogP contribution in [-0.2, 0) is 6.18 Å². The molecule has 0 bridgehead atoms. The molecule has 0 unspecified atom stereocenters. The Kier molecular flexibility index (Phi) is 4.83. The molecule has 0 aliphatic carbocycles. The standard InChI is InChI=1S/C22H19F3N2SSi/c1-29(2,3)21-19(14-9-11-15(12-10-14)22(23,24)25)17-7-4-6-16(20(17)26-27-21)18-8-5-13-28-18/h4-13H,1-3H3. The molecule has 2 aromatic carbocycles. The van der Waals surface area contributed by atoms with E-state index in [4.69, 9.17) is 0 Å². The summed E-state index contributed by atoms with van der Waals surface area (Å²) in [6, 6.07) is 15.3. The smallest absolute Gasteiger partial charge is 0.166 e. The van der Waals surface area contributed by atoms with Crippen molar-refractivity contribution in [1.29, 1.82) is 0 Å². The molecule has 2 heterocycles. The van der Waals surface area contributed by atoms with Crippen molar-refractivity contribution >= 4 is 35.6 Å². The molecule has 0 atom stereocenters. The molecule has 29 heavy (non-hydrogen) atoms. The summed E-state index contributed by atoms with van der Waals surface area (Å²) in [5.74, 6) is 0. The maximum atomic E-state index is 13.0. The van der Waals surface area contributed by atoms with Crippen LogP contribution in [0.15, 0.2) is 60.0 Å². The minimum absolute atomic E-state index is 0.651. The van der Waals surface area contributed by atoms with Crippen molar-refractivity contribution in [2.24, 2.45) is 0 Å². The highest BCUT2D eigenvalue weighted by atomic mass is 32.1. The first-order valence-corrected chi connectivity index (χ1v) is 13.6. The third-order valence-electron chi connectivity index (χ3n) is 4.79. The largest absolute Gasteiger partial charge is 0.416 e. The van der Waals surface area contributed by atoms with Crippen molar-refractivity contribution in [1.82, 2.24) is 10.2 Å². The molecule has 4 rings (SSSR count). The summed E-state index contributed by atoms with van der Waals surface area (Å²) in [6.07, 6.45) is -4.36. The van der Waals surface area contributed by atoms with Crippen molar-refractivity contribution < 1.29 is 13.2 Å². The molecular weight excluding hydrogens is 409 g/mol. The SMILES string of the molecule is C[Si](C)(C)c1nnc2c(-c3cccs3)cccc2c1-c1ccc(C(F)(F)F)cc1.